The van der Waals surface area contributed by atoms with E-state index in [1.807, 2.05) is 42.8 Å². The normalized spacial score (nSPS) is 14.9. The first-order chi connectivity index (χ1) is 16.4. The Morgan fingerprint density at radius 1 is 1.15 bits per heavy atom. The molecule has 3 aromatic rings. The first-order valence-electron chi connectivity index (χ1n) is 11.0. The second-order valence-corrected chi connectivity index (χ2v) is 9.00. The largest absolute Gasteiger partial charge is 0.452 e. The minimum absolute atomic E-state index is 0.0175. The van der Waals surface area contributed by atoms with Gasteiger partial charge in [0, 0.05) is 31.2 Å². The van der Waals surface area contributed by atoms with Crippen LogP contribution in [-0.4, -0.2) is 45.7 Å². The first kappa shape index (κ1) is 23.6. The van der Waals surface area contributed by atoms with Crippen LogP contribution in [0.5, 0.6) is 0 Å². The summed E-state index contributed by atoms with van der Waals surface area (Å²) in [4.78, 5) is 44.1. The number of fused-ring (bicyclic) bond motifs is 1. The number of hydrogen-bond acceptors (Lipinski definition) is 6. The number of ether oxygens (including phenoxy) is 1. The number of nitrogens with one attached hydrogen (secondary N) is 1. The van der Waals surface area contributed by atoms with Gasteiger partial charge in [0.2, 0.25) is 5.91 Å². The predicted octanol–water partition coefficient (Wildman–Crippen LogP) is 3.68. The second-order valence-electron chi connectivity index (χ2n) is 8.06. The molecule has 0 fully saturated rings. The van der Waals surface area contributed by atoms with Gasteiger partial charge in [-0.15, -0.1) is 0 Å². The highest BCUT2D eigenvalue weighted by Gasteiger charge is 2.29. The maximum absolute atomic E-state index is 13.0. The van der Waals surface area contributed by atoms with E-state index in [4.69, 9.17) is 4.74 Å². The van der Waals surface area contributed by atoms with Gasteiger partial charge < -0.3 is 19.5 Å². The Morgan fingerprint density at radius 3 is 2.71 bits per heavy atom. The van der Waals surface area contributed by atoms with Crippen LogP contribution in [0.25, 0.3) is 0 Å². The number of carbonyl (C=O) groups is 3. The third-order valence-electron chi connectivity index (χ3n) is 5.65. The lowest BCUT2D eigenvalue weighted by Gasteiger charge is -2.35. The number of benzene rings is 2. The number of carbonyl (C=O) groups excluding carboxylic acids is 3. The average molecular weight is 479 g/mol. The van der Waals surface area contributed by atoms with E-state index < -0.39 is 5.97 Å². The molecule has 1 atom stereocenters. The van der Waals surface area contributed by atoms with Gasteiger partial charge in [0.05, 0.1) is 17.0 Å². The molecular weight excluding hydrogens is 452 g/mol. The van der Waals surface area contributed by atoms with E-state index in [0.29, 0.717) is 5.69 Å². The Morgan fingerprint density at radius 2 is 1.91 bits per heavy atom. The van der Waals surface area contributed by atoms with Crippen LogP contribution in [0.4, 0.5) is 11.4 Å². The van der Waals surface area contributed by atoms with Crippen LogP contribution in [-0.2, 0) is 27.8 Å². The van der Waals surface area contributed by atoms with Crippen molar-refractivity contribution in [2.45, 2.75) is 31.0 Å². The Bertz CT molecular complexity index is 1210. The molecule has 0 spiro atoms. The smallest absolute Gasteiger partial charge is 0.340 e. The quantitative estimate of drug-likeness (QED) is 0.411. The van der Waals surface area contributed by atoms with E-state index in [2.05, 4.69) is 10.3 Å². The number of imidazole rings is 1. The number of aromatic nitrogens is 2. The van der Waals surface area contributed by atoms with Crippen molar-refractivity contribution in [1.82, 2.24) is 9.55 Å². The molecule has 0 radical (unpaired) electrons. The van der Waals surface area contributed by atoms with Crippen molar-refractivity contribution in [1.29, 1.82) is 0 Å². The molecule has 2 aromatic carbocycles. The van der Waals surface area contributed by atoms with E-state index in [-0.39, 0.29) is 35.8 Å². The highest BCUT2D eigenvalue weighted by atomic mass is 32.2. The van der Waals surface area contributed by atoms with Gasteiger partial charge >= 0.3 is 5.97 Å². The van der Waals surface area contributed by atoms with Crippen molar-refractivity contribution in [3.8, 4) is 0 Å². The second kappa shape index (κ2) is 10.6. The molecule has 0 bridgehead atoms. The van der Waals surface area contributed by atoms with E-state index in [0.717, 1.165) is 29.2 Å². The van der Waals surface area contributed by atoms with Crippen LogP contribution in [0.1, 0.15) is 29.3 Å². The molecule has 34 heavy (non-hydrogen) atoms. The predicted molar refractivity (Wildman–Crippen MR) is 131 cm³/mol. The molecule has 1 unspecified atom stereocenters. The zero-order chi connectivity index (χ0) is 24.1. The number of aryl methyl sites for hydroxylation is 2. The highest BCUT2D eigenvalue weighted by molar-refractivity contribution is 7.99. The van der Waals surface area contributed by atoms with Gasteiger partial charge in [-0.25, -0.2) is 9.78 Å². The first-order valence-corrected chi connectivity index (χ1v) is 12.0. The Balaban J connectivity index is 1.38. The molecule has 9 heteroatoms. The maximum Gasteiger partial charge on any atom is 0.340 e. The average Bonchev–Trinajstić information content (AvgIpc) is 3.26. The van der Waals surface area contributed by atoms with Gasteiger partial charge in [-0.3, -0.25) is 9.59 Å². The van der Waals surface area contributed by atoms with Crippen molar-refractivity contribution in [3.63, 3.8) is 0 Å². The summed E-state index contributed by atoms with van der Waals surface area (Å²) in [7, 11) is 1.85. The van der Waals surface area contributed by atoms with Gasteiger partial charge in [0.15, 0.2) is 11.8 Å². The van der Waals surface area contributed by atoms with E-state index in [1.54, 1.807) is 41.6 Å². The summed E-state index contributed by atoms with van der Waals surface area (Å²) in [5.41, 5.74) is 2.50. The van der Waals surface area contributed by atoms with Gasteiger partial charge in [-0.1, -0.05) is 42.1 Å². The fourth-order valence-corrected chi connectivity index (χ4v) is 4.65. The molecule has 176 valence electrons. The number of nitrogens with zero attached hydrogens (tertiary/aromatic N) is 3. The molecule has 1 aromatic heterocycles. The SMILES string of the molecule is CC1CCc2ccccc2N1C(=O)COC(=O)c1ccccc1NC(=O)CSc1nccn1C. The maximum atomic E-state index is 13.0. The van der Waals surface area contributed by atoms with Crippen LogP contribution in [0.3, 0.4) is 0 Å². The molecule has 1 aliphatic heterocycles. The van der Waals surface area contributed by atoms with E-state index in [9.17, 15) is 14.4 Å². The fraction of sp³-hybridized carbons (Fsp3) is 0.280. The summed E-state index contributed by atoms with van der Waals surface area (Å²) in [6.45, 7) is 1.61. The topological polar surface area (TPSA) is 93.5 Å². The number of para-hydroxylation sites is 2. The van der Waals surface area contributed by atoms with Gasteiger partial charge in [0.25, 0.3) is 5.91 Å². The number of amides is 2. The number of esters is 1. The third-order valence-corrected chi connectivity index (χ3v) is 6.71. The third kappa shape index (κ3) is 5.31. The number of rotatable bonds is 7. The van der Waals surface area contributed by atoms with Gasteiger partial charge in [0.1, 0.15) is 0 Å². The van der Waals surface area contributed by atoms with Crippen LogP contribution < -0.4 is 10.2 Å². The molecule has 1 N–H and O–H groups in total. The van der Waals surface area contributed by atoms with Crippen LogP contribution in [0, 0.1) is 0 Å². The molecule has 4 rings (SSSR count). The van der Waals surface area contributed by atoms with Crippen molar-refractivity contribution >= 4 is 40.9 Å². The van der Waals surface area contributed by atoms with Crippen LogP contribution in [0.15, 0.2) is 66.1 Å². The molecular formula is C25H26N4O4S. The monoisotopic (exact) mass is 478 g/mol. The molecule has 1 aliphatic rings. The minimum atomic E-state index is -0.668. The number of thioether (sulfide) groups is 1. The summed E-state index contributed by atoms with van der Waals surface area (Å²) in [6, 6.07) is 14.4. The lowest BCUT2D eigenvalue weighted by molar-refractivity contribution is -0.122. The highest BCUT2D eigenvalue weighted by Crippen LogP contribution is 2.30. The Kier molecular flexibility index (Phi) is 7.32. The summed E-state index contributed by atoms with van der Waals surface area (Å²) in [5.74, 6) is -1.08. The van der Waals surface area contributed by atoms with Gasteiger partial charge in [-0.05, 0) is 43.5 Å². The number of hydrogen-bond donors (Lipinski definition) is 1. The Hall–Kier alpha value is -3.59. The lowest BCUT2D eigenvalue weighted by atomic mass is 9.96. The zero-order valence-electron chi connectivity index (χ0n) is 19.1. The van der Waals surface area contributed by atoms with E-state index >= 15 is 0 Å². The van der Waals surface area contributed by atoms with Crippen molar-refractivity contribution in [2.24, 2.45) is 7.05 Å². The van der Waals surface area contributed by atoms with Crippen molar-refractivity contribution < 1.29 is 19.1 Å². The molecule has 0 aliphatic carbocycles. The van der Waals surface area contributed by atoms with Crippen molar-refractivity contribution in [2.75, 3.05) is 22.6 Å². The zero-order valence-corrected chi connectivity index (χ0v) is 19.9. The molecule has 0 saturated carbocycles. The fourth-order valence-electron chi connectivity index (χ4n) is 3.92. The van der Waals surface area contributed by atoms with Crippen molar-refractivity contribution in [3.05, 3.63) is 72.1 Å². The van der Waals surface area contributed by atoms with Gasteiger partial charge in [-0.2, -0.15) is 0 Å². The van der Waals surface area contributed by atoms with E-state index in [1.165, 1.54) is 11.8 Å². The van der Waals surface area contributed by atoms with Crippen LogP contribution in [0.2, 0.25) is 0 Å². The summed E-state index contributed by atoms with van der Waals surface area (Å²) in [5, 5.41) is 3.47. The lowest BCUT2D eigenvalue weighted by Crippen LogP contribution is -2.44. The molecule has 0 saturated heterocycles. The Labute approximate surface area is 202 Å². The van der Waals surface area contributed by atoms with Crippen LogP contribution >= 0.6 is 11.8 Å². The summed E-state index contributed by atoms with van der Waals surface area (Å²) < 4.78 is 7.18. The standard InChI is InChI=1S/C25H26N4O4S/c1-17-11-12-18-7-3-6-10-21(18)29(17)23(31)15-33-24(32)19-8-4-5-9-20(19)27-22(30)16-34-25-26-13-14-28(25)2/h3-10,13-14,17H,11-12,15-16H2,1-2H3,(H,27,30). The minimum Gasteiger partial charge on any atom is -0.452 e. The summed E-state index contributed by atoms with van der Waals surface area (Å²) in [6.07, 6.45) is 5.22. The molecule has 8 nitrogen and oxygen atoms in total. The number of anilines is 2. The molecule has 2 amide bonds. The summed E-state index contributed by atoms with van der Waals surface area (Å²) >= 11 is 1.29. The molecule has 2 heterocycles.